The second kappa shape index (κ2) is 6.80. The van der Waals surface area contributed by atoms with Gasteiger partial charge in [-0.25, -0.2) is 0 Å². The van der Waals surface area contributed by atoms with Gasteiger partial charge in [0.05, 0.1) is 5.92 Å². The molecule has 5 heteroatoms. The first-order chi connectivity index (χ1) is 9.99. The topological polar surface area (TPSA) is 89.8 Å². The molecule has 116 valence electrons. The molecule has 1 aliphatic carbocycles. The normalized spacial score (nSPS) is 23.7. The molecule has 2 rings (SSSR count). The molecule has 0 aromatic heterocycles. The van der Waals surface area contributed by atoms with Crippen molar-refractivity contribution in [1.29, 1.82) is 0 Å². The number of carboxylic acids is 1. The third-order valence-corrected chi connectivity index (χ3v) is 4.39. The van der Waals surface area contributed by atoms with Gasteiger partial charge in [-0.2, -0.15) is 0 Å². The number of rotatable bonds is 5. The molecule has 1 aliphatic rings. The van der Waals surface area contributed by atoms with Crippen molar-refractivity contribution in [2.75, 3.05) is 6.54 Å². The van der Waals surface area contributed by atoms with E-state index in [2.05, 4.69) is 5.32 Å². The number of aliphatic carboxylic acids is 1. The van der Waals surface area contributed by atoms with Crippen LogP contribution in [0.5, 0.6) is 11.5 Å². The predicted molar refractivity (Wildman–Crippen MR) is 79.3 cm³/mol. The van der Waals surface area contributed by atoms with Crippen molar-refractivity contribution in [3.8, 4) is 11.5 Å². The highest BCUT2D eigenvalue weighted by molar-refractivity contribution is 5.70. The lowest BCUT2D eigenvalue weighted by Gasteiger charge is -2.30. The molecule has 21 heavy (non-hydrogen) atoms. The van der Waals surface area contributed by atoms with E-state index in [0.29, 0.717) is 12.1 Å². The van der Waals surface area contributed by atoms with E-state index in [-0.39, 0.29) is 29.4 Å². The van der Waals surface area contributed by atoms with Gasteiger partial charge in [0, 0.05) is 11.6 Å². The minimum Gasteiger partial charge on any atom is -0.508 e. The van der Waals surface area contributed by atoms with Crippen LogP contribution < -0.4 is 5.32 Å². The highest BCUT2D eigenvalue weighted by Gasteiger charge is 2.30. The van der Waals surface area contributed by atoms with Crippen LogP contribution in [-0.2, 0) is 4.79 Å². The predicted octanol–water partition coefficient (Wildman–Crippen LogP) is 2.64. The van der Waals surface area contributed by atoms with Gasteiger partial charge in [0.2, 0.25) is 0 Å². The molecule has 0 saturated heterocycles. The zero-order chi connectivity index (χ0) is 15.4. The van der Waals surface area contributed by atoms with Crippen LogP contribution in [0.25, 0.3) is 0 Å². The summed E-state index contributed by atoms with van der Waals surface area (Å²) in [6.45, 7) is 2.50. The smallest absolute Gasteiger partial charge is 0.306 e. The van der Waals surface area contributed by atoms with Crippen molar-refractivity contribution < 1.29 is 20.1 Å². The lowest BCUT2D eigenvalue weighted by Crippen LogP contribution is -2.35. The number of nitrogens with one attached hydrogen (secondary N) is 1. The van der Waals surface area contributed by atoms with Crippen LogP contribution in [0.2, 0.25) is 0 Å². The van der Waals surface area contributed by atoms with Crippen LogP contribution in [0.15, 0.2) is 18.2 Å². The summed E-state index contributed by atoms with van der Waals surface area (Å²) in [4.78, 5) is 11.3. The third kappa shape index (κ3) is 3.88. The average Bonchev–Trinajstić information content (AvgIpc) is 2.47. The lowest BCUT2D eigenvalue weighted by molar-refractivity contribution is -0.144. The number of carboxylic acid groups (broad SMARTS) is 1. The molecular formula is C16H23NO4. The summed E-state index contributed by atoms with van der Waals surface area (Å²) in [6.07, 6.45) is 3.72. The summed E-state index contributed by atoms with van der Waals surface area (Å²) in [5.74, 6) is -0.632. The molecule has 1 fully saturated rings. The van der Waals surface area contributed by atoms with Crippen LogP contribution in [0.3, 0.4) is 0 Å². The Morgan fingerprint density at radius 2 is 2.05 bits per heavy atom. The molecule has 3 unspecified atom stereocenters. The second-order valence-corrected chi connectivity index (χ2v) is 5.86. The van der Waals surface area contributed by atoms with Crippen LogP contribution >= 0.6 is 0 Å². The van der Waals surface area contributed by atoms with E-state index in [1.165, 1.54) is 18.2 Å². The zero-order valence-corrected chi connectivity index (χ0v) is 12.2. The van der Waals surface area contributed by atoms with E-state index in [1.54, 1.807) is 0 Å². The van der Waals surface area contributed by atoms with E-state index in [0.717, 1.165) is 25.7 Å². The molecular weight excluding hydrogens is 270 g/mol. The van der Waals surface area contributed by atoms with Crippen molar-refractivity contribution >= 4 is 5.97 Å². The summed E-state index contributed by atoms with van der Waals surface area (Å²) >= 11 is 0. The number of hydrogen-bond donors (Lipinski definition) is 4. The molecule has 1 aromatic rings. The maximum absolute atomic E-state index is 11.3. The Bertz CT molecular complexity index is 503. The van der Waals surface area contributed by atoms with Gasteiger partial charge in [-0.15, -0.1) is 0 Å². The molecule has 1 aromatic carbocycles. The molecule has 1 saturated carbocycles. The minimum atomic E-state index is -0.714. The molecule has 4 N–H and O–H groups in total. The van der Waals surface area contributed by atoms with Gasteiger partial charge < -0.3 is 20.6 Å². The Hall–Kier alpha value is -1.75. The monoisotopic (exact) mass is 293 g/mol. The van der Waals surface area contributed by atoms with E-state index < -0.39 is 5.97 Å². The maximum atomic E-state index is 11.3. The van der Waals surface area contributed by atoms with Crippen LogP contribution in [0.4, 0.5) is 0 Å². The third-order valence-electron chi connectivity index (χ3n) is 4.39. The molecule has 0 bridgehead atoms. The number of carbonyl (C=O) groups is 1. The largest absolute Gasteiger partial charge is 0.508 e. The van der Waals surface area contributed by atoms with Gasteiger partial charge >= 0.3 is 5.97 Å². The summed E-state index contributed by atoms with van der Waals surface area (Å²) in [6, 6.07) is 4.28. The van der Waals surface area contributed by atoms with Crippen molar-refractivity contribution in [1.82, 2.24) is 5.32 Å². The highest BCUT2D eigenvalue weighted by Crippen LogP contribution is 2.31. The number of aromatic hydroxyl groups is 2. The van der Waals surface area contributed by atoms with Crippen molar-refractivity contribution in [3.05, 3.63) is 23.8 Å². The van der Waals surface area contributed by atoms with E-state index >= 15 is 0 Å². The molecule has 5 nitrogen and oxygen atoms in total. The van der Waals surface area contributed by atoms with Gasteiger partial charge in [0.15, 0.2) is 0 Å². The molecule has 0 amide bonds. The average molecular weight is 293 g/mol. The van der Waals surface area contributed by atoms with Gasteiger partial charge in [-0.05, 0) is 50.4 Å². The van der Waals surface area contributed by atoms with Gasteiger partial charge in [0.1, 0.15) is 11.5 Å². The fraction of sp³-hybridized carbons (Fsp3) is 0.562. The molecule has 0 aliphatic heterocycles. The van der Waals surface area contributed by atoms with E-state index in [4.69, 9.17) is 0 Å². The maximum Gasteiger partial charge on any atom is 0.306 e. The van der Waals surface area contributed by atoms with Crippen molar-refractivity contribution in [2.24, 2.45) is 11.8 Å². The summed E-state index contributed by atoms with van der Waals surface area (Å²) in [5.41, 5.74) is 0.623. The molecule has 0 heterocycles. The highest BCUT2D eigenvalue weighted by atomic mass is 16.4. The molecule has 0 spiro atoms. The summed E-state index contributed by atoms with van der Waals surface area (Å²) < 4.78 is 0. The second-order valence-electron chi connectivity index (χ2n) is 5.86. The fourth-order valence-corrected chi connectivity index (χ4v) is 3.10. The number of benzene rings is 1. The summed E-state index contributed by atoms with van der Waals surface area (Å²) in [7, 11) is 0. The fourth-order valence-electron chi connectivity index (χ4n) is 3.10. The first kappa shape index (κ1) is 15.6. The molecule has 0 radical (unpaired) electrons. The molecule has 3 atom stereocenters. The van der Waals surface area contributed by atoms with Crippen LogP contribution in [-0.4, -0.2) is 27.8 Å². The van der Waals surface area contributed by atoms with E-state index in [1.807, 2.05) is 6.92 Å². The standard InChI is InChI=1S/C16H23NO4/c1-10(14-8-12(18)6-7-15(14)19)17-9-11-4-2-3-5-13(11)16(20)21/h6-8,10-11,13,17-19H,2-5,9H2,1H3,(H,20,21). The quantitative estimate of drug-likeness (QED) is 0.627. The number of phenols is 2. The van der Waals surface area contributed by atoms with Crippen LogP contribution in [0, 0.1) is 11.8 Å². The zero-order valence-electron chi connectivity index (χ0n) is 12.2. The first-order valence-electron chi connectivity index (χ1n) is 7.47. The minimum absolute atomic E-state index is 0.109. The van der Waals surface area contributed by atoms with Crippen molar-refractivity contribution in [3.63, 3.8) is 0 Å². The van der Waals surface area contributed by atoms with Crippen molar-refractivity contribution in [2.45, 2.75) is 38.6 Å². The van der Waals surface area contributed by atoms with Crippen LogP contribution in [0.1, 0.15) is 44.2 Å². The lowest BCUT2D eigenvalue weighted by atomic mass is 9.79. The van der Waals surface area contributed by atoms with Gasteiger partial charge in [-0.3, -0.25) is 4.79 Å². The Labute approximate surface area is 124 Å². The SMILES string of the molecule is CC(NCC1CCCCC1C(=O)O)c1cc(O)ccc1O. The Morgan fingerprint density at radius 3 is 2.76 bits per heavy atom. The first-order valence-corrected chi connectivity index (χ1v) is 7.47. The van der Waals surface area contributed by atoms with Gasteiger partial charge in [-0.1, -0.05) is 12.8 Å². The number of hydrogen-bond acceptors (Lipinski definition) is 4. The number of phenolic OH excluding ortho intramolecular Hbond substituents is 2. The summed E-state index contributed by atoms with van der Waals surface area (Å²) in [5, 5.41) is 31.9. The van der Waals surface area contributed by atoms with E-state index in [9.17, 15) is 20.1 Å². The van der Waals surface area contributed by atoms with Gasteiger partial charge in [0.25, 0.3) is 0 Å². The Morgan fingerprint density at radius 1 is 1.33 bits per heavy atom. The Balaban J connectivity index is 1.98. The Kier molecular flexibility index (Phi) is 5.07.